The number of allylic oxidation sites excluding steroid dienone is 1. The highest BCUT2D eigenvalue weighted by molar-refractivity contribution is 5.73. The van der Waals surface area contributed by atoms with E-state index in [4.69, 9.17) is 0 Å². The van der Waals surface area contributed by atoms with Crippen LogP contribution in [0.3, 0.4) is 0 Å². The Hall–Kier alpha value is -1.63. The minimum atomic E-state index is 0.398. The van der Waals surface area contributed by atoms with Crippen LogP contribution in [-0.2, 0) is 6.42 Å². The quantitative estimate of drug-likeness (QED) is 0.603. The molecule has 1 heteroatoms. The average molecular weight is 195 g/mol. The molecule has 0 N–H and O–H groups in total. The molecule has 0 spiro atoms. The van der Waals surface area contributed by atoms with Crippen LogP contribution in [0.1, 0.15) is 11.1 Å². The summed E-state index contributed by atoms with van der Waals surface area (Å²) in [7, 11) is 0. The number of aliphatic imine (C=N–C) groups is 1. The molecule has 0 radical (unpaired) electrons. The predicted octanol–water partition coefficient (Wildman–Crippen LogP) is 2.88. The topological polar surface area (TPSA) is 12.4 Å². The Morgan fingerprint density at radius 2 is 2.07 bits per heavy atom. The lowest BCUT2D eigenvalue weighted by molar-refractivity contribution is 0.585. The van der Waals surface area contributed by atoms with E-state index in [0.29, 0.717) is 12.0 Å². The summed E-state index contributed by atoms with van der Waals surface area (Å²) in [6, 6.07) is 8.98. The van der Waals surface area contributed by atoms with Gasteiger partial charge in [-0.15, -0.1) is 0 Å². The SMILES string of the molecule is C1=CC2C=Cc3ccccc3CC2N=C1. The van der Waals surface area contributed by atoms with E-state index in [2.05, 4.69) is 47.5 Å². The first-order valence-corrected chi connectivity index (χ1v) is 5.39. The van der Waals surface area contributed by atoms with Gasteiger partial charge in [0.2, 0.25) is 0 Å². The Balaban J connectivity index is 2.04. The van der Waals surface area contributed by atoms with E-state index >= 15 is 0 Å². The largest absolute Gasteiger partial charge is 0.289 e. The molecular formula is C14H13N. The van der Waals surface area contributed by atoms with Crippen LogP contribution in [0.25, 0.3) is 6.08 Å². The first-order valence-electron chi connectivity index (χ1n) is 5.39. The molecule has 0 amide bonds. The fraction of sp³-hybridized carbons (Fsp3) is 0.214. The third-order valence-electron chi connectivity index (χ3n) is 3.12. The molecule has 1 aliphatic heterocycles. The van der Waals surface area contributed by atoms with Gasteiger partial charge in [-0.05, 0) is 23.6 Å². The molecule has 1 aromatic rings. The Kier molecular flexibility index (Phi) is 2.02. The average Bonchev–Trinajstić information content (AvgIpc) is 2.48. The monoisotopic (exact) mass is 195 g/mol. The number of nitrogens with zero attached hydrogens (tertiary/aromatic N) is 1. The van der Waals surface area contributed by atoms with E-state index in [0.717, 1.165) is 6.42 Å². The second kappa shape index (κ2) is 3.50. The van der Waals surface area contributed by atoms with Gasteiger partial charge in [-0.2, -0.15) is 0 Å². The number of fused-ring (bicyclic) bond motifs is 2. The Labute approximate surface area is 89.9 Å². The summed E-state index contributed by atoms with van der Waals surface area (Å²) in [5.41, 5.74) is 2.75. The zero-order chi connectivity index (χ0) is 10.1. The van der Waals surface area contributed by atoms with Crippen LogP contribution >= 0.6 is 0 Å². The fourth-order valence-electron chi connectivity index (χ4n) is 2.27. The summed E-state index contributed by atoms with van der Waals surface area (Å²) in [5, 5.41) is 0. The van der Waals surface area contributed by atoms with Crippen molar-refractivity contribution in [2.45, 2.75) is 12.5 Å². The highest BCUT2D eigenvalue weighted by atomic mass is 14.8. The summed E-state index contributed by atoms with van der Waals surface area (Å²) in [6.45, 7) is 0. The van der Waals surface area contributed by atoms with Crippen molar-refractivity contribution < 1.29 is 0 Å². The van der Waals surface area contributed by atoms with E-state index in [-0.39, 0.29) is 0 Å². The van der Waals surface area contributed by atoms with Crippen molar-refractivity contribution in [3.8, 4) is 0 Å². The van der Waals surface area contributed by atoms with Gasteiger partial charge < -0.3 is 0 Å². The minimum absolute atomic E-state index is 0.398. The van der Waals surface area contributed by atoms with Crippen molar-refractivity contribution in [1.29, 1.82) is 0 Å². The maximum atomic E-state index is 4.55. The number of hydrogen-bond acceptors (Lipinski definition) is 1. The molecule has 0 aromatic heterocycles. The number of dihydropyridines is 1. The maximum absolute atomic E-state index is 4.55. The molecule has 15 heavy (non-hydrogen) atoms. The van der Waals surface area contributed by atoms with Crippen LogP contribution in [0.4, 0.5) is 0 Å². The molecule has 2 atom stereocenters. The normalized spacial score (nSPS) is 26.9. The molecule has 2 aliphatic rings. The van der Waals surface area contributed by atoms with Gasteiger partial charge in [0, 0.05) is 12.1 Å². The van der Waals surface area contributed by atoms with Crippen LogP contribution < -0.4 is 0 Å². The summed E-state index contributed by atoms with van der Waals surface area (Å²) < 4.78 is 0. The van der Waals surface area contributed by atoms with Crippen LogP contribution in [0.15, 0.2) is 47.5 Å². The van der Waals surface area contributed by atoms with Gasteiger partial charge in [-0.1, -0.05) is 42.5 Å². The second-order valence-corrected chi connectivity index (χ2v) is 4.09. The van der Waals surface area contributed by atoms with Gasteiger partial charge in [-0.25, -0.2) is 0 Å². The molecule has 0 saturated carbocycles. The van der Waals surface area contributed by atoms with Crippen molar-refractivity contribution in [2.24, 2.45) is 10.9 Å². The van der Waals surface area contributed by atoms with Gasteiger partial charge >= 0.3 is 0 Å². The zero-order valence-electron chi connectivity index (χ0n) is 8.51. The molecule has 3 rings (SSSR count). The molecular weight excluding hydrogens is 182 g/mol. The molecule has 0 bridgehead atoms. The van der Waals surface area contributed by atoms with E-state index in [1.165, 1.54) is 11.1 Å². The van der Waals surface area contributed by atoms with Crippen LogP contribution in [0.2, 0.25) is 0 Å². The van der Waals surface area contributed by atoms with Gasteiger partial charge in [0.05, 0.1) is 6.04 Å². The van der Waals surface area contributed by atoms with Gasteiger partial charge in [-0.3, -0.25) is 4.99 Å². The predicted molar refractivity (Wildman–Crippen MR) is 64.1 cm³/mol. The second-order valence-electron chi connectivity index (χ2n) is 4.09. The van der Waals surface area contributed by atoms with E-state index in [1.54, 1.807) is 0 Å². The van der Waals surface area contributed by atoms with E-state index in [9.17, 15) is 0 Å². The molecule has 1 nitrogen and oxygen atoms in total. The van der Waals surface area contributed by atoms with Crippen molar-refractivity contribution in [3.05, 3.63) is 53.6 Å². The number of benzene rings is 1. The standard InChI is InChI=1S/C14H13N/c1-2-5-13-10-14-12(6-3-9-15-14)8-7-11(13)4-1/h1-9,12,14H,10H2. The molecule has 1 heterocycles. The van der Waals surface area contributed by atoms with Crippen molar-refractivity contribution in [3.63, 3.8) is 0 Å². The molecule has 74 valence electrons. The smallest absolute Gasteiger partial charge is 0.0637 e. The summed E-state index contributed by atoms with van der Waals surface area (Å²) in [5.74, 6) is 0.474. The van der Waals surface area contributed by atoms with Gasteiger partial charge in [0.15, 0.2) is 0 Å². The highest BCUT2D eigenvalue weighted by Crippen LogP contribution is 2.26. The van der Waals surface area contributed by atoms with Crippen LogP contribution in [0.5, 0.6) is 0 Å². The third kappa shape index (κ3) is 1.54. The molecule has 1 aliphatic carbocycles. The summed E-state index contributed by atoms with van der Waals surface area (Å²) in [4.78, 5) is 4.55. The maximum Gasteiger partial charge on any atom is 0.0637 e. The first kappa shape index (κ1) is 8.66. The Morgan fingerprint density at radius 1 is 1.13 bits per heavy atom. The van der Waals surface area contributed by atoms with Gasteiger partial charge in [0.1, 0.15) is 0 Å². The van der Waals surface area contributed by atoms with Gasteiger partial charge in [0.25, 0.3) is 0 Å². The van der Waals surface area contributed by atoms with E-state index in [1.807, 2.05) is 12.3 Å². The van der Waals surface area contributed by atoms with Crippen molar-refractivity contribution in [2.75, 3.05) is 0 Å². The van der Waals surface area contributed by atoms with Crippen molar-refractivity contribution in [1.82, 2.24) is 0 Å². The third-order valence-corrected chi connectivity index (χ3v) is 3.12. The lowest BCUT2D eigenvalue weighted by atomic mass is 9.94. The molecule has 1 aromatic carbocycles. The summed E-state index contributed by atoms with van der Waals surface area (Å²) in [6.07, 6.45) is 11.7. The lowest BCUT2D eigenvalue weighted by Crippen LogP contribution is -2.19. The number of rotatable bonds is 0. The van der Waals surface area contributed by atoms with E-state index < -0.39 is 0 Å². The fourth-order valence-corrected chi connectivity index (χ4v) is 2.27. The Bertz CT molecular complexity index is 454. The Morgan fingerprint density at radius 3 is 3.07 bits per heavy atom. The molecule has 0 fully saturated rings. The van der Waals surface area contributed by atoms with Crippen LogP contribution in [-0.4, -0.2) is 12.3 Å². The summed E-state index contributed by atoms with van der Waals surface area (Å²) >= 11 is 0. The van der Waals surface area contributed by atoms with Crippen molar-refractivity contribution >= 4 is 12.3 Å². The first-order chi connectivity index (χ1) is 7.43. The number of hydrogen-bond donors (Lipinski definition) is 0. The van der Waals surface area contributed by atoms with Crippen LogP contribution in [0, 0.1) is 5.92 Å². The molecule has 0 saturated heterocycles. The minimum Gasteiger partial charge on any atom is -0.289 e. The molecule has 2 unspecified atom stereocenters. The zero-order valence-corrected chi connectivity index (χ0v) is 8.51. The lowest BCUT2D eigenvalue weighted by Gasteiger charge is -2.18. The highest BCUT2D eigenvalue weighted by Gasteiger charge is 2.20.